The summed E-state index contributed by atoms with van der Waals surface area (Å²) >= 11 is 0. The van der Waals surface area contributed by atoms with Crippen molar-refractivity contribution >= 4 is 11.2 Å². The Morgan fingerprint density at radius 1 is 1.45 bits per heavy atom. The third kappa shape index (κ3) is 1.92. The van der Waals surface area contributed by atoms with Gasteiger partial charge in [-0.3, -0.25) is 9.56 Å². The minimum Gasteiger partial charge on any atom is -0.394 e. The quantitative estimate of drug-likeness (QED) is 0.730. The molecule has 3 rings (SSSR count). The van der Waals surface area contributed by atoms with Crippen LogP contribution in [0.3, 0.4) is 0 Å². The summed E-state index contributed by atoms with van der Waals surface area (Å²) in [5, 5.41) is 19.0. The molecule has 0 saturated carbocycles. The normalized spacial score (nSPS) is 27.6. The molecule has 8 nitrogen and oxygen atoms in total. The van der Waals surface area contributed by atoms with E-state index in [1.54, 1.807) is 28.8 Å². The molecule has 3 heterocycles. The fourth-order valence-electron chi connectivity index (χ4n) is 2.53. The predicted octanol–water partition coefficient (Wildman–Crippen LogP) is -1.06. The Kier molecular flexibility index (Phi) is 3.28. The highest BCUT2D eigenvalue weighted by Gasteiger charge is 2.35. The second kappa shape index (κ2) is 4.97. The van der Waals surface area contributed by atoms with Gasteiger partial charge in [-0.2, -0.15) is 0 Å². The van der Waals surface area contributed by atoms with E-state index in [4.69, 9.17) is 9.84 Å². The Morgan fingerprint density at radius 3 is 2.90 bits per heavy atom. The predicted molar refractivity (Wildman–Crippen MR) is 69.6 cm³/mol. The van der Waals surface area contributed by atoms with Crippen molar-refractivity contribution in [1.82, 2.24) is 19.1 Å². The van der Waals surface area contributed by atoms with Crippen LogP contribution in [0.15, 0.2) is 17.6 Å². The number of rotatable bonds is 2. The lowest BCUT2D eigenvalue weighted by Gasteiger charge is -2.13. The molecule has 0 radical (unpaired) electrons. The fraction of sp³-hybridized carbons (Fsp3) is 0.583. The molecule has 1 fully saturated rings. The molecule has 0 aliphatic carbocycles. The summed E-state index contributed by atoms with van der Waals surface area (Å²) in [6, 6.07) is 0. The van der Waals surface area contributed by atoms with Crippen LogP contribution < -0.4 is 5.49 Å². The van der Waals surface area contributed by atoms with Crippen molar-refractivity contribution < 1.29 is 14.9 Å². The molecule has 2 aromatic heterocycles. The van der Waals surface area contributed by atoms with Crippen LogP contribution in [0.1, 0.15) is 12.6 Å². The van der Waals surface area contributed by atoms with Crippen molar-refractivity contribution in [2.75, 3.05) is 13.7 Å². The molecule has 1 saturated heterocycles. The van der Waals surface area contributed by atoms with Gasteiger partial charge in [0.2, 0.25) is 0 Å². The summed E-state index contributed by atoms with van der Waals surface area (Å²) in [4.78, 5) is 12.9. The molecule has 0 amide bonds. The van der Waals surface area contributed by atoms with E-state index in [-0.39, 0.29) is 12.8 Å². The van der Waals surface area contributed by atoms with Crippen molar-refractivity contribution in [3.8, 4) is 0 Å². The summed E-state index contributed by atoms with van der Waals surface area (Å²) in [6.07, 6.45) is 2.07. The summed E-state index contributed by atoms with van der Waals surface area (Å²) in [7, 11) is 3.55. The van der Waals surface area contributed by atoms with E-state index >= 15 is 0 Å². The van der Waals surface area contributed by atoms with E-state index in [0.717, 1.165) is 5.49 Å². The van der Waals surface area contributed by atoms with E-state index in [0.29, 0.717) is 17.6 Å². The maximum Gasteiger partial charge on any atom is 0.167 e. The summed E-state index contributed by atoms with van der Waals surface area (Å²) in [5.41, 5.74) is 2.06. The van der Waals surface area contributed by atoms with Gasteiger partial charge in [-0.15, -0.1) is 0 Å². The SMILES string of the molecule is CN=c1c2ncn([C@H]3C[C@H](O)[C@@H](CO)O3)c2ncn1C. The Balaban J connectivity index is 2.07. The zero-order valence-electron chi connectivity index (χ0n) is 11.3. The van der Waals surface area contributed by atoms with Crippen LogP contribution in [0.5, 0.6) is 0 Å². The number of nitrogens with zero attached hydrogens (tertiary/aromatic N) is 5. The number of imidazole rings is 1. The molecule has 20 heavy (non-hydrogen) atoms. The molecule has 1 aliphatic heterocycles. The maximum atomic E-state index is 9.81. The first-order valence-corrected chi connectivity index (χ1v) is 6.41. The van der Waals surface area contributed by atoms with Crippen molar-refractivity contribution in [2.45, 2.75) is 24.9 Å². The zero-order chi connectivity index (χ0) is 14.3. The Bertz CT molecular complexity index is 692. The summed E-state index contributed by atoms with van der Waals surface area (Å²) in [5.74, 6) is 0. The van der Waals surface area contributed by atoms with Gasteiger partial charge in [-0.05, 0) is 0 Å². The Hall–Kier alpha value is -1.77. The number of aliphatic hydroxyl groups excluding tert-OH is 2. The number of hydrogen-bond acceptors (Lipinski definition) is 6. The molecular formula is C12H17N5O3. The van der Waals surface area contributed by atoms with Crippen LogP contribution >= 0.6 is 0 Å². The second-order valence-corrected chi connectivity index (χ2v) is 4.84. The third-order valence-corrected chi connectivity index (χ3v) is 3.57. The largest absolute Gasteiger partial charge is 0.394 e. The summed E-state index contributed by atoms with van der Waals surface area (Å²) in [6.45, 7) is -0.206. The van der Waals surface area contributed by atoms with Crippen molar-refractivity contribution in [3.05, 3.63) is 18.1 Å². The number of aryl methyl sites for hydroxylation is 1. The van der Waals surface area contributed by atoms with Crippen molar-refractivity contribution in [1.29, 1.82) is 0 Å². The molecule has 3 atom stereocenters. The van der Waals surface area contributed by atoms with Gasteiger partial charge in [-0.1, -0.05) is 0 Å². The molecule has 108 valence electrons. The fourth-order valence-corrected chi connectivity index (χ4v) is 2.53. The molecule has 0 spiro atoms. The van der Waals surface area contributed by atoms with E-state index in [1.807, 2.05) is 7.05 Å². The lowest BCUT2D eigenvalue weighted by Crippen LogP contribution is -2.24. The number of aliphatic hydroxyl groups is 2. The van der Waals surface area contributed by atoms with E-state index < -0.39 is 12.2 Å². The van der Waals surface area contributed by atoms with E-state index in [2.05, 4.69) is 15.0 Å². The van der Waals surface area contributed by atoms with E-state index in [9.17, 15) is 5.11 Å². The molecule has 0 aromatic carbocycles. The smallest absolute Gasteiger partial charge is 0.167 e. The van der Waals surface area contributed by atoms with Gasteiger partial charge in [-0.25, -0.2) is 9.97 Å². The molecule has 2 aromatic rings. The van der Waals surface area contributed by atoms with Gasteiger partial charge < -0.3 is 19.5 Å². The first-order valence-electron chi connectivity index (χ1n) is 6.41. The first kappa shape index (κ1) is 13.2. The number of hydrogen-bond donors (Lipinski definition) is 2. The molecule has 2 N–H and O–H groups in total. The molecule has 1 aliphatic rings. The minimum absolute atomic E-state index is 0.206. The average Bonchev–Trinajstić information content (AvgIpc) is 3.01. The lowest BCUT2D eigenvalue weighted by atomic mass is 10.2. The number of aromatic nitrogens is 4. The van der Waals surface area contributed by atoms with Gasteiger partial charge in [0.05, 0.1) is 25.4 Å². The number of ether oxygens (including phenoxy) is 1. The van der Waals surface area contributed by atoms with Gasteiger partial charge >= 0.3 is 0 Å². The number of fused-ring (bicyclic) bond motifs is 1. The van der Waals surface area contributed by atoms with Crippen LogP contribution in [-0.2, 0) is 11.8 Å². The highest BCUT2D eigenvalue weighted by atomic mass is 16.5. The van der Waals surface area contributed by atoms with E-state index in [1.165, 1.54) is 0 Å². The van der Waals surface area contributed by atoms with Crippen molar-refractivity contribution in [2.24, 2.45) is 12.0 Å². The lowest BCUT2D eigenvalue weighted by molar-refractivity contribution is -0.0432. The van der Waals surface area contributed by atoms with Gasteiger partial charge in [0.15, 0.2) is 16.7 Å². The maximum absolute atomic E-state index is 9.81. The molecular weight excluding hydrogens is 262 g/mol. The van der Waals surface area contributed by atoms with Gasteiger partial charge in [0, 0.05) is 20.5 Å². The Morgan fingerprint density at radius 2 is 2.25 bits per heavy atom. The standard InChI is InChI=1S/C12H17N5O3/c1-13-11-10-12(15-5-16(11)2)17(6-14-10)9-3-7(19)8(4-18)20-9/h5-9,18-19H,3-4H2,1-2H3/t7-,8+,9+/m0/s1. The van der Waals surface area contributed by atoms with Crippen molar-refractivity contribution in [3.63, 3.8) is 0 Å². The first-order chi connectivity index (χ1) is 9.65. The van der Waals surface area contributed by atoms with Crippen LogP contribution in [0.2, 0.25) is 0 Å². The molecule has 8 heteroatoms. The van der Waals surface area contributed by atoms with Crippen LogP contribution in [0, 0.1) is 0 Å². The molecule has 0 unspecified atom stereocenters. The highest BCUT2D eigenvalue weighted by molar-refractivity contribution is 5.68. The van der Waals surface area contributed by atoms with Gasteiger partial charge in [0.25, 0.3) is 0 Å². The van der Waals surface area contributed by atoms with Crippen LogP contribution in [0.4, 0.5) is 0 Å². The summed E-state index contributed by atoms with van der Waals surface area (Å²) < 4.78 is 9.18. The zero-order valence-corrected chi connectivity index (χ0v) is 11.3. The van der Waals surface area contributed by atoms with Gasteiger partial charge in [0.1, 0.15) is 12.3 Å². The third-order valence-electron chi connectivity index (χ3n) is 3.57. The molecule has 0 bridgehead atoms. The Labute approximate surface area is 115 Å². The topological polar surface area (TPSA) is 97.7 Å². The van der Waals surface area contributed by atoms with Crippen LogP contribution in [0.25, 0.3) is 11.2 Å². The highest BCUT2D eigenvalue weighted by Crippen LogP contribution is 2.29. The monoisotopic (exact) mass is 279 g/mol. The minimum atomic E-state index is -0.683. The van der Waals surface area contributed by atoms with Crippen LogP contribution in [-0.4, -0.2) is 55.2 Å². The second-order valence-electron chi connectivity index (χ2n) is 4.84. The average molecular weight is 279 g/mol.